The van der Waals surface area contributed by atoms with Crippen LogP contribution in [0.5, 0.6) is 0 Å². The molecule has 0 fully saturated rings. The van der Waals surface area contributed by atoms with E-state index in [1.807, 2.05) is 30.3 Å². The molecule has 1 rings (SSSR count). The van der Waals surface area contributed by atoms with E-state index in [1.54, 1.807) is 0 Å². The normalized spacial score (nSPS) is 9.12. The SMILES string of the molecule is O[SiH]c1ccccc1. The first kappa shape index (κ1) is 5.53. The van der Waals surface area contributed by atoms with Crippen molar-refractivity contribution >= 4 is 14.9 Å². The first-order chi connectivity index (χ1) is 3.93. The van der Waals surface area contributed by atoms with Crippen molar-refractivity contribution in [2.24, 2.45) is 0 Å². The summed E-state index contributed by atoms with van der Waals surface area (Å²) in [6.45, 7) is 0. The maximum Gasteiger partial charge on any atom is 0.223 e. The van der Waals surface area contributed by atoms with Gasteiger partial charge in [0.05, 0.1) is 0 Å². The fraction of sp³-hybridized carbons (Fsp3) is 0. The van der Waals surface area contributed by atoms with Crippen LogP contribution in [0.3, 0.4) is 0 Å². The number of hydrogen-bond donors (Lipinski definition) is 1. The summed E-state index contributed by atoms with van der Waals surface area (Å²) < 4.78 is 0. The van der Waals surface area contributed by atoms with Crippen LogP contribution in [0.2, 0.25) is 0 Å². The van der Waals surface area contributed by atoms with Gasteiger partial charge in [-0.2, -0.15) is 0 Å². The molecule has 0 aliphatic heterocycles. The molecule has 0 saturated carbocycles. The van der Waals surface area contributed by atoms with Crippen LogP contribution in [0, 0.1) is 0 Å². The van der Waals surface area contributed by atoms with Crippen molar-refractivity contribution < 1.29 is 4.80 Å². The molecule has 0 saturated heterocycles. The van der Waals surface area contributed by atoms with E-state index in [-0.39, 0.29) is 0 Å². The summed E-state index contributed by atoms with van der Waals surface area (Å²) in [5, 5.41) is 1.05. The zero-order chi connectivity index (χ0) is 5.82. The summed E-state index contributed by atoms with van der Waals surface area (Å²) in [7, 11) is -0.489. The molecule has 0 aromatic heterocycles. The number of rotatable bonds is 1. The molecule has 1 radical (unpaired) electrons. The van der Waals surface area contributed by atoms with Crippen molar-refractivity contribution in [1.82, 2.24) is 0 Å². The first-order valence-electron chi connectivity index (χ1n) is 2.46. The lowest BCUT2D eigenvalue weighted by Gasteiger charge is -1.87. The molecule has 0 spiro atoms. The zero-order valence-corrected chi connectivity index (χ0v) is 5.57. The van der Waals surface area contributed by atoms with Crippen molar-refractivity contribution in [3.05, 3.63) is 30.3 Å². The van der Waals surface area contributed by atoms with Gasteiger partial charge >= 0.3 is 0 Å². The van der Waals surface area contributed by atoms with Gasteiger partial charge in [0, 0.05) is 0 Å². The molecule has 2 heteroatoms. The number of hydrogen-bond acceptors (Lipinski definition) is 1. The van der Waals surface area contributed by atoms with Crippen LogP contribution in [-0.4, -0.2) is 14.6 Å². The lowest BCUT2D eigenvalue weighted by atomic mass is 10.4. The van der Waals surface area contributed by atoms with Crippen molar-refractivity contribution in [3.63, 3.8) is 0 Å². The minimum absolute atomic E-state index is 0.489. The second kappa shape index (κ2) is 2.64. The molecule has 1 nitrogen and oxygen atoms in total. The molecule has 0 heterocycles. The monoisotopic (exact) mass is 123 g/mol. The number of benzene rings is 1. The van der Waals surface area contributed by atoms with E-state index in [9.17, 15) is 0 Å². The molecule has 0 aliphatic rings. The molecule has 0 atom stereocenters. The van der Waals surface area contributed by atoms with Crippen LogP contribution in [0.15, 0.2) is 30.3 Å². The highest BCUT2D eigenvalue weighted by atomic mass is 28.2. The third kappa shape index (κ3) is 1.18. The van der Waals surface area contributed by atoms with Crippen molar-refractivity contribution in [3.8, 4) is 0 Å². The largest absolute Gasteiger partial charge is 0.430 e. The third-order valence-electron chi connectivity index (χ3n) is 0.949. The predicted octanol–water partition coefficient (Wildman–Crippen LogP) is -0.344. The standard InChI is InChI=1S/C6H7OSi/c7-8-6-4-2-1-3-5-6/h1-5,7-8H. The second-order valence-electron chi connectivity index (χ2n) is 1.54. The molecule has 8 heavy (non-hydrogen) atoms. The average Bonchev–Trinajstić information content (AvgIpc) is 1.90. The first-order valence-corrected chi connectivity index (χ1v) is 3.55. The van der Waals surface area contributed by atoms with Crippen LogP contribution < -0.4 is 5.19 Å². The Balaban J connectivity index is 2.83. The van der Waals surface area contributed by atoms with Gasteiger partial charge in [0.15, 0.2) is 0 Å². The summed E-state index contributed by atoms with van der Waals surface area (Å²) in [6, 6.07) is 9.65. The van der Waals surface area contributed by atoms with Gasteiger partial charge in [-0.1, -0.05) is 30.3 Å². The molecule has 0 amide bonds. The minimum Gasteiger partial charge on any atom is -0.430 e. The smallest absolute Gasteiger partial charge is 0.223 e. The van der Waals surface area contributed by atoms with Gasteiger partial charge in [-0.3, -0.25) is 0 Å². The highest BCUT2D eigenvalue weighted by molar-refractivity contribution is 6.45. The van der Waals surface area contributed by atoms with Crippen LogP contribution in [-0.2, 0) is 0 Å². The van der Waals surface area contributed by atoms with Gasteiger partial charge in [-0.15, -0.1) is 0 Å². The lowest BCUT2D eigenvalue weighted by molar-refractivity contribution is 0.615. The molecule has 1 aromatic rings. The Morgan fingerprint density at radius 1 is 1.12 bits per heavy atom. The summed E-state index contributed by atoms with van der Waals surface area (Å²) in [4.78, 5) is 8.62. The molecule has 0 bridgehead atoms. The van der Waals surface area contributed by atoms with Gasteiger partial charge in [0.2, 0.25) is 9.76 Å². The van der Waals surface area contributed by atoms with E-state index in [2.05, 4.69) is 0 Å². The summed E-state index contributed by atoms with van der Waals surface area (Å²) in [5.74, 6) is 0. The fourth-order valence-corrected chi connectivity index (χ4v) is 0.933. The van der Waals surface area contributed by atoms with Gasteiger partial charge in [-0.25, -0.2) is 0 Å². The van der Waals surface area contributed by atoms with E-state index < -0.39 is 9.76 Å². The maximum atomic E-state index is 8.62. The van der Waals surface area contributed by atoms with Crippen LogP contribution in [0.25, 0.3) is 0 Å². The van der Waals surface area contributed by atoms with E-state index >= 15 is 0 Å². The predicted molar refractivity (Wildman–Crippen MR) is 35.4 cm³/mol. The highest BCUT2D eigenvalue weighted by Crippen LogP contribution is 1.78. The second-order valence-corrected chi connectivity index (χ2v) is 2.46. The van der Waals surface area contributed by atoms with E-state index in [4.69, 9.17) is 4.80 Å². The molecule has 0 aliphatic carbocycles. The van der Waals surface area contributed by atoms with Gasteiger partial charge in [0.1, 0.15) is 0 Å². The van der Waals surface area contributed by atoms with E-state index in [0.29, 0.717) is 0 Å². The molecule has 1 aromatic carbocycles. The quantitative estimate of drug-likeness (QED) is 0.506. The van der Waals surface area contributed by atoms with Crippen molar-refractivity contribution in [2.75, 3.05) is 0 Å². The van der Waals surface area contributed by atoms with Gasteiger partial charge in [-0.05, 0) is 5.19 Å². The molecular weight excluding hydrogens is 116 g/mol. The van der Waals surface area contributed by atoms with Crippen molar-refractivity contribution in [2.45, 2.75) is 0 Å². The lowest BCUT2D eigenvalue weighted by Crippen LogP contribution is -2.11. The Bertz CT molecular complexity index is 150. The third-order valence-corrected chi connectivity index (χ3v) is 1.63. The van der Waals surface area contributed by atoms with Gasteiger partial charge < -0.3 is 4.80 Å². The van der Waals surface area contributed by atoms with Crippen LogP contribution in [0.1, 0.15) is 0 Å². The fourth-order valence-electron chi connectivity index (χ4n) is 0.539. The summed E-state index contributed by atoms with van der Waals surface area (Å²) in [5.41, 5.74) is 0. The topological polar surface area (TPSA) is 20.2 Å². The average molecular weight is 123 g/mol. The molecule has 0 unspecified atom stereocenters. The Labute approximate surface area is 50.9 Å². The highest BCUT2D eigenvalue weighted by Gasteiger charge is 1.83. The Morgan fingerprint density at radius 2 is 1.75 bits per heavy atom. The van der Waals surface area contributed by atoms with E-state index in [1.165, 1.54) is 0 Å². The zero-order valence-electron chi connectivity index (χ0n) is 4.41. The summed E-state index contributed by atoms with van der Waals surface area (Å²) in [6.07, 6.45) is 0. The molecule has 1 N–H and O–H groups in total. The Morgan fingerprint density at radius 3 is 2.12 bits per heavy atom. The maximum absolute atomic E-state index is 8.62. The molecule has 41 valence electrons. The van der Waals surface area contributed by atoms with Crippen LogP contribution >= 0.6 is 0 Å². The van der Waals surface area contributed by atoms with Crippen LogP contribution in [0.4, 0.5) is 0 Å². The Hall–Kier alpha value is -0.603. The summed E-state index contributed by atoms with van der Waals surface area (Å²) >= 11 is 0. The molecular formula is C6H7OSi. The Kier molecular flexibility index (Phi) is 1.83. The van der Waals surface area contributed by atoms with Gasteiger partial charge in [0.25, 0.3) is 0 Å². The van der Waals surface area contributed by atoms with E-state index in [0.717, 1.165) is 5.19 Å². The minimum atomic E-state index is -0.489. The van der Waals surface area contributed by atoms with Crippen molar-refractivity contribution in [1.29, 1.82) is 0 Å².